The van der Waals surface area contributed by atoms with Crippen molar-refractivity contribution in [2.45, 2.75) is 32.0 Å². The second-order valence-electron chi connectivity index (χ2n) is 3.23. The van der Waals surface area contributed by atoms with Gasteiger partial charge in [-0.2, -0.15) is 0 Å². The number of rotatable bonds is 4. The Balaban J connectivity index is 2.44. The van der Waals surface area contributed by atoms with Crippen molar-refractivity contribution in [3.05, 3.63) is 23.8 Å². The van der Waals surface area contributed by atoms with Gasteiger partial charge in [-0.15, -0.1) is 0 Å². The van der Waals surface area contributed by atoms with E-state index in [1.165, 1.54) is 6.08 Å². The number of aliphatic imine (C=N–C) groups is 1. The van der Waals surface area contributed by atoms with Gasteiger partial charge in [0.25, 0.3) is 6.43 Å². The molecule has 0 fully saturated rings. The third-order valence-corrected chi connectivity index (χ3v) is 2.11. The van der Waals surface area contributed by atoms with Gasteiger partial charge in [0.05, 0.1) is 6.17 Å². The fraction of sp³-hybridized carbons (Fsp3) is 0.500. The molecule has 0 spiro atoms. The van der Waals surface area contributed by atoms with Crippen molar-refractivity contribution in [2.75, 3.05) is 0 Å². The molecule has 0 bridgehead atoms. The lowest BCUT2D eigenvalue weighted by atomic mass is 10.0. The van der Waals surface area contributed by atoms with Gasteiger partial charge in [0.1, 0.15) is 0 Å². The number of alkyl halides is 2. The minimum Gasteiger partial charge on any atom is -0.289 e. The first kappa shape index (κ1) is 11.0. The molecule has 0 saturated carbocycles. The molecule has 0 aromatic rings. The summed E-state index contributed by atoms with van der Waals surface area (Å²) in [6.07, 6.45) is 2.91. The number of allylic oxidation sites excluding steroid dienone is 2. The number of halogens is 2. The van der Waals surface area contributed by atoms with Crippen LogP contribution in [0.15, 0.2) is 28.8 Å². The molecular weight excluding hydrogens is 186 g/mol. The van der Waals surface area contributed by atoms with Crippen molar-refractivity contribution in [2.24, 2.45) is 4.99 Å². The normalized spacial score (nSPS) is 23.4. The average Bonchev–Trinajstić information content (AvgIpc) is 2.18. The summed E-state index contributed by atoms with van der Waals surface area (Å²) in [5.41, 5.74) is 0.0993. The first-order valence-electron chi connectivity index (χ1n) is 4.51. The molecule has 2 atom stereocenters. The molecule has 0 amide bonds. The highest BCUT2D eigenvalue weighted by Gasteiger charge is 2.14. The van der Waals surface area contributed by atoms with Crippen molar-refractivity contribution in [1.82, 2.24) is 5.32 Å². The van der Waals surface area contributed by atoms with E-state index < -0.39 is 6.43 Å². The Morgan fingerprint density at radius 1 is 1.64 bits per heavy atom. The standard InChI is InChI=1S/C10H14F2N2/c1-7(13-2)14-9-5-3-8(4-6-9)10(11)12/h3-5,7,9-10,14H,2,6H2,1H3. The Morgan fingerprint density at radius 3 is 2.79 bits per heavy atom. The van der Waals surface area contributed by atoms with E-state index in [-0.39, 0.29) is 17.8 Å². The van der Waals surface area contributed by atoms with Crippen LogP contribution in [0.1, 0.15) is 13.3 Å². The van der Waals surface area contributed by atoms with E-state index in [0.717, 1.165) is 0 Å². The molecule has 0 saturated heterocycles. The van der Waals surface area contributed by atoms with Crippen molar-refractivity contribution in [3.63, 3.8) is 0 Å². The molecule has 1 rings (SSSR count). The summed E-state index contributed by atoms with van der Waals surface area (Å²) in [6, 6.07) is 0.0815. The number of hydrogen-bond acceptors (Lipinski definition) is 2. The molecular formula is C10H14F2N2. The molecule has 78 valence electrons. The monoisotopic (exact) mass is 200 g/mol. The molecule has 4 heteroatoms. The topological polar surface area (TPSA) is 24.4 Å². The number of hydrogen-bond donors (Lipinski definition) is 1. The summed E-state index contributed by atoms with van der Waals surface area (Å²) in [6.45, 7) is 5.27. The molecule has 2 nitrogen and oxygen atoms in total. The minimum absolute atomic E-state index is 0.0499. The predicted octanol–water partition coefficient (Wildman–Crippen LogP) is 2.14. The summed E-state index contributed by atoms with van der Waals surface area (Å²) >= 11 is 0. The molecule has 0 heterocycles. The summed E-state index contributed by atoms with van der Waals surface area (Å²) < 4.78 is 24.4. The van der Waals surface area contributed by atoms with E-state index in [9.17, 15) is 8.78 Å². The molecule has 1 N–H and O–H groups in total. The van der Waals surface area contributed by atoms with Gasteiger partial charge in [0.2, 0.25) is 0 Å². The second kappa shape index (κ2) is 5.00. The Labute approximate surface area is 82.4 Å². The lowest BCUT2D eigenvalue weighted by Crippen LogP contribution is -2.34. The van der Waals surface area contributed by atoms with Crippen LogP contribution in [0.2, 0.25) is 0 Å². The van der Waals surface area contributed by atoms with Crippen LogP contribution < -0.4 is 5.32 Å². The lowest BCUT2D eigenvalue weighted by Gasteiger charge is -2.19. The number of nitrogens with zero attached hydrogens (tertiary/aromatic N) is 1. The molecule has 0 radical (unpaired) electrons. The Kier molecular flexibility index (Phi) is 3.95. The average molecular weight is 200 g/mol. The van der Waals surface area contributed by atoms with Crippen LogP contribution in [0.25, 0.3) is 0 Å². The molecule has 0 aromatic heterocycles. The van der Waals surface area contributed by atoms with Crippen LogP contribution in [-0.4, -0.2) is 25.4 Å². The maximum absolute atomic E-state index is 12.2. The first-order chi connectivity index (χ1) is 6.63. The largest absolute Gasteiger partial charge is 0.289 e. The molecule has 1 aliphatic carbocycles. The highest BCUT2D eigenvalue weighted by molar-refractivity contribution is 5.27. The van der Waals surface area contributed by atoms with E-state index in [0.29, 0.717) is 6.42 Å². The van der Waals surface area contributed by atoms with Crippen LogP contribution in [-0.2, 0) is 0 Å². The second-order valence-corrected chi connectivity index (χ2v) is 3.23. The number of nitrogens with one attached hydrogen (secondary N) is 1. The highest BCUT2D eigenvalue weighted by atomic mass is 19.3. The highest BCUT2D eigenvalue weighted by Crippen LogP contribution is 2.17. The van der Waals surface area contributed by atoms with Crippen molar-refractivity contribution < 1.29 is 8.78 Å². The summed E-state index contributed by atoms with van der Waals surface area (Å²) in [5.74, 6) is 0. The van der Waals surface area contributed by atoms with Crippen LogP contribution in [0.5, 0.6) is 0 Å². The summed E-state index contributed by atoms with van der Waals surface area (Å²) in [5, 5.41) is 3.12. The maximum Gasteiger partial charge on any atom is 0.263 e. The van der Waals surface area contributed by atoms with Crippen LogP contribution in [0, 0.1) is 0 Å². The Bertz CT molecular complexity index is 259. The molecule has 14 heavy (non-hydrogen) atoms. The fourth-order valence-corrected chi connectivity index (χ4v) is 1.28. The summed E-state index contributed by atoms with van der Waals surface area (Å²) in [7, 11) is 0. The van der Waals surface area contributed by atoms with Gasteiger partial charge in [-0.05, 0) is 20.1 Å². The van der Waals surface area contributed by atoms with Gasteiger partial charge in [-0.1, -0.05) is 18.2 Å². The third-order valence-electron chi connectivity index (χ3n) is 2.11. The van der Waals surface area contributed by atoms with Crippen LogP contribution >= 0.6 is 0 Å². The van der Waals surface area contributed by atoms with Gasteiger partial charge in [-0.25, -0.2) is 8.78 Å². The fourth-order valence-electron chi connectivity index (χ4n) is 1.28. The van der Waals surface area contributed by atoms with Gasteiger partial charge in [-0.3, -0.25) is 10.3 Å². The zero-order chi connectivity index (χ0) is 10.6. The molecule has 0 aromatic carbocycles. The summed E-state index contributed by atoms with van der Waals surface area (Å²) in [4.78, 5) is 3.77. The van der Waals surface area contributed by atoms with E-state index in [2.05, 4.69) is 17.0 Å². The molecule has 0 aliphatic heterocycles. The third kappa shape index (κ3) is 3.03. The van der Waals surface area contributed by atoms with Crippen molar-refractivity contribution in [3.8, 4) is 0 Å². The van der Waals surface area contributed by atoms with Gasteiger partial charge in [0.15, 0.2) is 0 Å². The SMILES string of the molecule is C=NC(C)NC1C=CC(C(F)F)=CC1. The predicted molar refractivity (Wildman–Crippen MR) is 53.8 cm³/mol. The molecule has 1 aliphatic rings. The Morgan fingerprint density at radius 2 is 2.36 bits per heavy atom. The first-order valence-corrected chi connectivity index (χ1v) is 4.51. The van der Waals surface area contributed by atoms with Crippen LogP contribution in [0.4, 0.5) is 8.78 Å². The van der Waals surface area contributed by atoms with E-state index >= 15 is 0 Å². The Hall–Kier alpha value is -1.03. The zero-order valence-electron chi connectivity index (χ0n) is 8.08. The van der Waals surface area contributed by atoms with E-state index in [4.69, 9.17) is 0 Å². The van der Waals surface area contributed by atoms with Crippen molar-refractivity contribution >= 4 is 6.72 Å². The lowest BCUT2D eigenvalue weighted by molar-refractivity contribution is 0.193. The van der Waals surface area contributed by atoms with Crippen molar-refractivity contribution in [1.29, 1.82) is 0 Å². The van der Waals surface area contributed by atoms with Gasteiger partial charge in [0, 0.05) is 11.6 Å². The molecule has 2 unspecified atom stereocenters. The zero-order valence-corrected chi connectivity index (χ0v) is 8.08. The maximum atomic E-state index is 12.2. The quantitative estimate of drug-likeness (QED) is 0.691. The van der Waals surface area contributed by atoms with E-state index in [1.54, 1.807) is 12.2 Å². The minimum atomic E-state index is -2.37. The van der Waals surface area contributed by atoms with Gasteiger partial charge < -0.3 is 0 Å². The smallest absolute Gasteiger partial charge is 0.263 e. The van der Waals surface area contributed by atoms with E-state index in [1.807, 2.05) is 6.92 Å². The van der Waals surface area contributed by atoms with Gasteiger partial charge >= 0.3 is 0 Å². The van der Waals surface area contributed by atoms with Crippen LogP contribution in [0.3, 0.4) is 0 Å².